The van der Waals surface area contributed by atoms with Crippen molar-refractivity contribution in [1.82, 2.24) is 20.7 Å². The van der Waals surface area contributed by atoms with Crippen LogP contribution in [0.2, 0.25) is 0 Å². The van der Waals surface area contributed by atoms with E-state index in [0.29, 0.717) is 56.9 Å². The molecule has 0 saturated carbocycles. The zero-order chi connectivity index (χ0) is 23.8. The van der Waals surface area contributed by atoms with Gasteiger partial charge in [-0.05, 0) is 37.7 Å². The van der Waals surface area contributed by atoms with Gasteiger partial charge in [-0.1, -0.05) is 36.9 Å². The molecular weight excluding hydrogens is 424 g/mol. The smallest absolute Gasteiger partial charge is 0.264 e. The number of benzene rings is 1. The molecule has 2 saturated heterocycles. The Kier molecular flexibility index (Phi) is 8.34. The van der Waals surface area contributed by atoms with Crippen molar-refractivity contribution in [3.63, 3.8) is 0 Å². The van der Waals surface area contributed by atoms with Gasteiger partial charge in [0.1, 0.15) is 24.7 Å². The second kappa shape index (κ2) is 11.4. The summed E-state index contributed by atoms with van der Waals surface area (Å²) in [5.74, 6) is -1.11. The highest BCUT2D eigenvalue weighted by Crippen LogP contribution is 2.29. The molecule has 0 aromatic heterocycles. The van der Waals surface area contributed by atoms with Crippen molar-refractivity contribution in [2.45, 2.75) is 63.1 Å². The first kappa shape index (κ1) is 24.2. The van der Waals surface area contributed by atoms with Crippen LogP contribution in [0.4, 0.5) is 0 Å². The summed E-state index contributed by atoms with van der Waals surface area (Å²) in [5, 5.41) is 8.46. The van der Waals surface area contributed by atoms with Crippen LogP contribution in [-0.2, 0) is 30.4 Å². The van der Waals surface area contributed by atoms with Crippen LogP contribution < -0.4 is 10.6 Å². The Morgan fingerprint density at radius 3 is 2.64 bits per heavy atom. The average Bonchev–Trinajstić information content (AvgIpc) is 2.95. The van der Waals surface area contributed by atoms with E-state index in [0.717, 1.165) is 5.56 Å². The molecule has 176 valence electrons. The normalized spacial score (nSPS) is 21.5. The van der Waals surface area contributed by atoms with E-state index in [9.17, 15) is 24.0 Å². The van der Waals surface area contributed by atoms with E-state index in [1.807, 2.05) is 30.3 Å². The molecule has 2 aliphatic rings. The van der Waals surface area contributed by atoms with Crippen molar-refractivity contribution < 1.29 is 24.0 Å². The number of aldehydes is 2. The summed E-state index contributed by atoms with van der Waals surface area (Å²) >= 11 is 0. The molecule has 1 aromatic carbocycles. The van der Waals surface area contributed by atoms with E-state index in [1.165, 1.54) is 5.01 Å². The molecule has 1 unspecified atom stereocenters. The van der Waals surface area contributed by atoms with Gasteiger partial charge in [0.2, 0.25) is 11.8 Å². The molecular formula is C24H30N4O5. The number of nitrogens with one attached hydrogen (secondary N) is 2. The number of rotatable bonds is 9. The lowest BCUT2D eigenvalue weighted by atomic mass is 10.0. The van der Waals surface area contributed by atoms with Gasteiger partial charge in [0.25, 0.3) is 5.91 Å². The summed E-state index contributed by atoms with van der Waals surface area (Å²) in [6.07, 6.45) is 3.70. The molecule has 33 heavy (non-hydrogen) atoms. The highest BCUT2D eigenvalue weighted by atomic mass is 16.2. The Morgan fingerprint density at radius 2 is 1.94 bits per heavy atom. The first-order valence-corrected chi connectivity index (χ1v) is 11.3. The molecule has 3 amide bonds. The van der Waals surface area contributed by atoms with Crippen molar-refractivity contribution in [2.75, 3.05) is 6.54 Å². The number of hydrazine groups is 1. The number of carbonyl (C=O) groups is 5. The van der Waals surface area contributed by atoms with E-state index in [4.69, 9.17) is 0 Å². The van der Waals surface area contributed by atoms with E-state index in [-0.39, 0.29) is 24.7 Å². The third kappa shape index (κ3) is 6.06. The van der Waals surface area contributed by atoms with Crippen molar-refractivity contribution >= 4 is 30.3 Å². The number of nitrogens with zero attached hydrogens (tertiary/aromatic N) is 2. The minimum atomic E-state index is -0.941. The average molecular weight is 455 g/mol. The van der Waals surface area contributed by atoms with Gasteiger partial charge in [0.15, 0.2) is 0 Å². The highest BCUT2D eigenvalue weighted by molar-refractivity contribution is 5.93. The van der Waals surface area contributed by atoms with E-state index in [1.54, 1.807) is 5.01 Å². The van der Waals surface area contributed by atoms with E-state index >= 15 is 0 Å². The van der Waals surface area contributed by atoms with Gasteiger partial charge in [0, 0.05) is 25.1 Å². The maximum atomic E-state index is 13.5. The third-order valence-electron chi connectivity index (χ3n) is 5.98. The van der Waals surface area contributed by atoms with Crippen LogP contribution in [-0.4, -0.2) is 65.0 Å². The fraction of sp³-hybridized carbons (Fsp3) is 0.458. The van der Waals surface area contributed by atoms with Gasteiger partial charge < -0.3 is 20.2 Å². The summed E-state index contributed by atoms with van der Waals surface area (Å²) in [5.41, 5.74) is 1.73. The lowest BCUT2D eigenvalue weighted by Gasteiger charge is -2.45. The van der Waals surface area contributed by atoms with Crippen LogP contribution in [0.25, 0.3) is 0 Å². The molecule has 2 aliphatic heterocycles. The van der Waals surface area contributed by atoms with Gasteiger partial charge in [-0.15, -0.1) is 0 Å². The molecule has 9 heteroatoms. The summed E-state index contributed by atoms with van der Waals surface area (Å²) in [4.78, 5) is 60.9. The predicted octanol–water partition coefficient (Wildman–Crippen LogP) is 0.892. The Morgan fingerprint density at radius 1 is 1.18 bits per heavy atom. The molecule has 1 aromatic rings. The Labute approximate surface area is 193 Å². The summed E-state index contributed by atoms with van der Waals surface area (Å²) in [6, 6.07) is 7.05. The van der Waals surface area contributed by atoms with Gasteiger partial charge in [-0.3, -0.25) is 19.4 Å². The molecule has 2 heterocycles. The lowest BCUT2D eigenvalue weighted by Crippen LogP contribution is -2.63. The fourth-order valence-corrected chi connectivity index (χ4v) is 4.22. The lowest BCUT2D eigenvalue weighted by molar-refractivity contribution is -0.164. The number of aryl methyl sites for hydroxylation is 1. The minimum Gasteiger partial charge on any atom is -0.344 e. The van der Waals surface area contributed by atoms with Crippen molar-refractivity contribution in [2.24, 2.45) is 0 Å². The van der Waals surface area contributed by atoms with Gasteiger partial charge >= 0.3 is 0 Å². The van der Waals surface area contributed by atoms with Crippen molar-refractivity contribution in [3.8, 4) is 0 Å². The molecule has 0 radical (unpaired) electrons. The second-order valence-corrected chi connectivity index (χ2v) is 8.33. The first-order chi connectivity index (χ1) is 15.9. The first-order valence-electron chi connectivity index (χ1n) is 11.3. The molecule has 0 bridgehead atoms. The topological polar surface area (TPSA) is 116 Å². The zero-order valence-electron chi connectivity index (χ0n) is 18.6. The van der Waals surface area contributed by atoms with Gasteiger partial charge in [0.05, 0.1) is 6.04 Å². The minimum absolute atomic E-state index is 0.133. The van der Waals surface area contributed by atoms with Crippen LogP contribution in [0.3, 0.4) is 0 Å². The maximum absolute atomic E-state index is 13.5. The molecule has 3 atom stereocenters. The fourth-order valence-electron chi connectivity index (χ4n) is 4.22. The third-order valence-corrected chi connectivity index (χ3v) is 5.98. The molecule has 9 nitrogen and oxygen atoms in total. The predicted molar refractivity (Wildman–Crippen MR) is 120 cm³/mol. The maximum Gasteiger partial charge on any atom is 0.264 e. The molecule has 3 rings (SSSR count). The largest absolute Gasteiger partial charge is 0.344 e. The summed E-state index contributed by atoms with van der Waals surface area (Å²) in [7, 11) is 0. The molecule has 0 spiro atoms. The van der Waals surface area contributed by atoms with Gasteiger partial charge in [-0.25, -0.2) is 5.01 Å². The SMILES string of the molecule is C=C1CCC(NC(=O)CCc2ccccc2)C(=O)N2[C@H](C(=O)N[C@H](C=O)CC=O)CCCN12. The molecule has 2 fully saturated rings. The van der Waals surface area contributed by atoms with Crippen molar-refractivity contribution in [3.05, 3.63) is 48.2 Å². The number of hydrogen-bond acceptors (Lipinski definition) is 6. The van der Waals surface area contributed by atoms with E-state index in [2.05, 4.69) is 17.2 Å². The Bertz CT molecular complexity index is 903. The molecule has 2 N–H and O–H groups in total. The highest BCUT2D eigenvalue weighted by Gasteiger charge is 2.43. The van der Waals surface area contributed by atoms with Gasteiger partial charge in [-0.2, -0.15) is 0 Å². The van der Waals surface area contributed by atoms with E-state index < -0.39 is 24.0 Å². The second-order valence-electron chi connectivity index (χ2n) is 8.33. The van der Waals surface area contributed by atoms with Crippen LogP contribution in [0.1, 0.15) is 44.1 Å². The number of hydrogen-bond donors (Lipinski definition) is 2. The van der Waals surface area contributed by atoms with Crippen LogP contribution in [0.15, 0.2) is 42.6 Å². The summed E-state index contributed by atoms with van der Waals surface area (Å²) in [6.45, 7) is 4.60. The van der Waals surface area contributed by atoms with Crippen LogP contribution in [0.5, 0.6) is 0 Å². The van der Waals surface area contributed by atoms with Crippen LogP contribution in [0, 0.1) is 0 Å². The Balaban J connectivity index is 1.71. The standard InChI is InChI=1S/C24H30N4O5/c1-17-9-11-20(26-22(31)12-10-18-6-3-2-4-7-18)24(33)28-21(8-5-14-27(17)28)23(32)25-19(16-30)13-15-29/h2-4,6-7,15-16,19-21H,1,5,8-14H2,(H,25,32)(H,26,31)/t19-,20?,21-/m0/s1. The quantitative estimate of drug-likeness (QED) is 0.536. The number of fused-ring (bicyclic) bond motifs is 1. The monoisotopic (exact) mass is 454 g/mol. The molecule has 0 aliphatic carbocycles. The zero-order valence-corrected chi connectivity index (χ0v) is 18.6. The summed E-state index contributed by atoms with van der Waals surface area (Å²) < 4.78 is 0. The number of carbonyl (C=O) groups excluding carboxylic acids is 5. The van der Waals surface area contributed by atoms with Crippen LogP contribution >= 0.6 is 0 Å². The Hall–Kier alpha value is -3.49. The number of amides is 3. The van der Waals surface area contributed by atoms with Crippen molar-refractivity contribution in [1.29, 1.82) is 0 Å². The number of allylic oxidation sites excluding steroid dienone is 1.